The molecule has 0 unspecified atom stereocenters. The smallest absolute Gasteiger partial charge is 0.264 e. The number of ether oxygens (including phenoxy) is 1. The zero-order valence-corrected chi connectivity index (χ0v) is 12.9. The summed E-state index contributed by atoms with van der Waals surface area (Å²) in [5.41, 5.74) is 3.15. The second kappa shape index (κ2) is 6.05. The van der Waals surface area contributed by atoms with E-state index in [0.717, 1.165) is 27.4 Å². The molecule has 1 amide bonds. The molecule has 2 aromatic rings. The van der Waals surface area contributed by atoms with E-state index in [1.54, 1.807) is 0 Å². The molecule has 0 spiro atoms. The number of carbonyl (C=O) groups is 1. The molecule has 2 rings (SSSR count). The molecule has 0 saturated carbocycles. The maximum absolute atomic E-state index is 11.8. The van der Waals surface area contributed by atoms with E-state index in [9.17, 15) is 4.79 Å². The molecule has 1 N–H and O–H groups in total. The van der Waals surface area contributed by atoms with Crippen LogP contribution in [-0.2, 0) is 4.79 Å². The lowest BCUT2D eigenvalue weighted by atomic mass is 10.1. The van der Waals surface area contributed by atoms with E-state index < -0.39 is 0 Å². The summed E-state index contributed by atoms with van der Waals surface area (Å²) >= 11 is 1.47. The zero-order chi connectivity index (χ0) is 14.7. The van der Waals surface area contributed by atoms with Crippen LogP contribution in [0.2, 0.25) is 0 Å². The Balaban J connectivity index is 1.94. The third-order valence-corrected chi connectivity index (χ3v) is 4.18. The SMILES string of the molecule is Cc1cccc(OCC(=O)Nc2nc(C)c(C)s2)c1C. The number of benzene rings is 1. The summed E-state index contributed by atoms with van der Waals surface area (Å²) in [6.45, 7) is 7.89. The van der Waals surface area contributed by atoms with Gasteiger partial charge in [0, 0.05) is 4.88 Å². The minimum absolute atomic E-state index is 0.0119. The van der Waals surface area contributed by atoms with Crippen LogP contribution in [0.4, 0.5) is 5.13 Å². The van der Waals surface area contributed by atoms with Crippen molar-refractivity contribution in [1.29, 1.82) is 0 Å². The highest BCUT2D eigenvalue weighted by Gasteiger charge is 2.09. The van der Waals surface area contributed by atoms with Crippen LogP contribution in [0.5, 0.6) is 5.75 Å². The maximum atomic E-state index is 11.8. The number of amides is 1. The molecule has 0 fully saturated rings. The van der Waals surface area contributed by atoms with Gasteiger partial charge in [-0.25, -0.2) is 4.98 Å². The molecule has 5 heteroatoms. The molecular weight excluding hydrogens is 272 g/mol. The number of carbonyl (C=O) groups excluding carboxylic acids is 1. The monoisotopic (exact) mass is 290 g/mol. The van der Waals surface area contributed by atoms with Crippen molar-refractivity contribution in [2.24, 2.45) is 0 Å². The fraction of sp³-hybridized carbons (Fsp3) is 0.333. The maximum Gasteiger partial charge on any atom is 0.264 e. The number of thiazole rings is 1. The average Bonchev–Trinajstić information content (AvgIpc) is 2.70. The number of hydrogen-bond acceptors (Lipinski definition) is 4. The van der Waals surface area contributed by atoms with E-state index in [-0.39, 0.29) is 12.5 Å². The minimum atomic E-state index is -0.195. The van der Waals surface area contributed by atoms with Crippen molar-refractivity contribution >= 4 is 22.4 Å². The van der Waals surface area contributed by atoms with Gasteiger partial charge in [-0.3, -0.25) is 10.1 Å². The highest BCUT2D eigenvalue weighted by molar-refractivity contribution is 7.15. The van der Waals surface area contributed by atoms with E-state index in [2.05, 4.69) is 10.3 Å². The molecule has 20 heavy (non-hydrogen) atoms. The van der Waals surface area contributed by atoms with Crippen molar-refractivity contribution < 1.29 is 9.53 Å². The topological polar surface area (TPSA) is 51.2 Å². The fourth-order valence-corrected chi connectivity index (χ4v) is 2.54. The number of nitrogens with one attached hydrogen (secondary N) is 1. The van der Waals surface area contributed by atoms with Gasteiger partial charge in [0.05, 0.1) is 5.69 Å². The van der Waals surface area contributed by atoms with E-state index in [1.807, 2.05) is 45.9 Å². The van der Waals surface area contributed by atoms with Gasteiger partial charge in [-0.05, 0) is 44.9 Å². The lowest BCUT2D eigenvalue weighted by Crippen LogP contribution is -2.20. The van der Waals surface area contributed by atoms with Crippen molar-refractivity contribution in [1.82, 2.24) is 4.98 Å². The zero-order valence-electron chi connectivity index (χ0n) is 12.1. The Bertz CT molecular complexity index is 615. The van der Waals surface area contributed by atoms with Crippen molar-refractivity contribution in [2.45, 2.75) is 27.7 Å². The van der Waals surface area contributed by atoms with Crippen LogP contribution in [0.25, 0.3) is 0 Å². The van der Waals surface area contributed by atoms with Crippen LogP contribution in [-0.4, -0.2) is 17.5 Å². The molecular formula is C15H18N2O2S. The van der Waals surface area contributed by atoms with Crippen LogP contribution in [0.15, 0.2) is 18.2 Å². The molecule has 106 valence electrons. The second-order valence-corrected chi connectivity index (χ2v) is 5.90. The standard InChI is InChI=1S/C15H18N2O2S/c1-9-6-5-7-13(10(9)2)19-8-14(18)17-15-16-11(3)12(4)20-15/h5-7H,8H2,1-4H3,(H,16,17,18). The Morgan fingerprint density at radius 1 is 1.30 bits per heavy atom. The molecule has 0 aliphatic rings. The number of rotatable bonds is 4. The molecule has 1 heterocycles. The second-order valence-electron chi connectivity index (χ2n) is 4.70. The lowest BCUT2D eigenvalue weighted by Gasteiger charge is -2.10. The summed E-state index contributed by atoms with van der Waals surface area (Å²) in [6, 6.07) is 5.81. The summed E-state index contributed by atoms with van der Waals surface area (Å²) in [7, 11) is 0. The first-order valence-electron chi connectivity index (χ1n) is 6.40. The molecule has 1 aromatic carbocycles. The first kappa shape index (κ1) is 14.5. The molecule has 0 atom stereocenters. The van der Waals surface area contributed by atoms with Crippen molar-refractivity contribution in [2.75, 3.05) is 11.9 Å². The summed E-state index contributed by atoms with van der Waals surface area (Å²) in [4.78, 5) is 17.2. The number of aromatic nitrogens is 1. The first-order chi connectivity index (χ1) is 9.47. The van der Waals surface area contributed by atoms with Crippen LogP contribution >= 0.6 is 11.3 Å². The summed E-state index contributed by atoms with van der Waals surface area (Å²) in [5.74, 6) is 0.548. The molecule has 0 bridgehead atoms. The van der Waals surface area contributed by atoms with Gasteiger partial charge in [-0.1, -0.05) is 12.1 Å². The van der Waals surface area contributed by atoms with Gasteiger partial charge in [0.2, 0.25) is 0 Å². The van der Waals surface area contributed by atoms with Gasteiger partial charge in [-0.2, -0.15) is 0 Å². The number of nitrogens with zero attached hydrogens (tertiary/aromatic N) is 1. The Hall–Kier alpha value is -1.88. The van der Waals surface area contributed by atoms with Gasteiger partial charge < -0.3 is 4.74 Å². The highest BCUT2D eigenvalue weighted by Crippen LogP contribution is 2.22. The molecule has 0 radical (unpaired) electrons. The number of anilines is 1. The quantitative estimate of drug-likeness (QED) is 0.939. The van der Waals surface area contributed by atoms with Gasteiger partial charge in [0.15, 0.2) is 11.7 Å². The number of hydrogen-bond donors (Lipinski definition) is 1. The average molecular weight is 290 g/mol. The first-order valence-corrected chi connectivity index (χ1v) is 7.22. The van der Waals surface area contributed by atoms with E-state index in [4.69, 9.17) is 4.74 Å². The largest absolute Gasteiger partial charge is 0.483 e. The minimum Gasteiger partial charge on any atom is -0.483 e. The fourth-order valence-electron chi connectivity index (χ4n) is 1.71. The van der Waals surface area contributed by atoms with Gasteiger partial charge in [0.1, 0.15) is 5.75 Å². The van der Waals surface area contributed by atoms with E-state index in [1.165, 1.54) is 11.3 Å². The Kier molecular flexibility index (Phi) is 4.39. The van der Waals surface area contributed by atoms with E-state index in [0.29, 0.717) is 5.13 Å². The Labute approximate surface area is 122 Å². The third kappa shape index (κ3) is 3.36. The Morgan fingerprint density at radius 2 is 2.05 bits per heavy atom. The van der Waals surface area contributed by atoms with Crippen molar-refractivity contribution in [3.63, 3.8) is 0 Å². The number of aryl methyl sites for hydroxylation is 3. The third-order valence-electron chi connectivity index (χ3n) is 3.19. The van der Waals surface area contributed by atoms with Gasteiger partial charge >= 0.3 is 0 Å². The molecule has 0 saturated heterocycles. The molecule has 4 nitrogen and oxygen atoms in total. The summed E-state index contributed by atoms with van der Waals surface area (Å²) in [6.07, 6.45) is 0. The van der Waals surface area contributed by atoms with E-state index >= 15 is 0 Å². The normalized spacial score (nSPS) is 10.4. The van der Waals surface area contributed by atoms with Gasteiger partial charge in [-0.15, -0.1) is 11.3 Å². The summed E-state index contributed by atoms with van der Waals surface area (Å²) < 4.78 is 5.55. The van der Waals surface area contributed by atoms with Crippen LogP contribution in [0, 0.1) is 27.7 Å². The highest BCUT2D eigenvalue weighted by atomic mass is 32.1. The lowest BCUT2D eigenvalue weighted by molar-refractivity contribution is -0.118. The van der Waals surface area contributed by atoms with Gasteiger partial charge in [0.25, 0.3) is 5.91 Å². The Morgan fingerprint density at radius 3 is 2.70 bits per heavy atom. The van der Waals surface area contributed by atoms with Crippen molar-refractivity contribution in [3.05, 3.63) is 39.9 Å². The predicted molar refractivity (Wildman–Crippen MR) is 81.6 cm³/mol. The molecule has 0 aliphatic heterocycles. The summed E-state index contributed by atoms with van der Waals surface area (Å²) in [5, 5.41) is 3.37. The van der Waals surface area contributed by atoms with Crippen LogP contribution < -0.4 is 10.1 Å². The van der Waals surface area contributed by atoms with Crippen LogP contribution in [0.1, 0.15) is 21.7 Å². The van der Waals surface area contributed by atoms with Crippen molar-refractivity contribution in [3.8, 4) is 5.75 Å². The molecule has 1 aromatic heterocycles. The predicted octanol–water partition coefficient (Wildman–Crippen LogP) is 3.39. The van der Waals surface area contributed by atoms with Crippen LogP contribution in [0.3, 0.4) is 0 Å². The molecule has 0 aliphatic carbocycles.